The first-order chi connectivity index (χ1) is 9.75. The van der Waals surface area contributed by atoms with Crippen molar-refractivity contribution in [1.29, 1.82) is 0 Å². The van der Waals surface area contributed by atoms with Crippen molar-refractivity contribution in [2.45, 2.75) is 19.4 Å². The van der Waals surface area contributed by atoms with Gasteiger partial charge in [0.15, 0.2) is 0 Å². The lowest BCUT2D eigenvalue weighted by molar-refractivity contribution is 0.199. The molecule has 1 aliphatic heterocycles. The third-order valence-corrected chi connectivity index (χ3v) is 3.47. The van der Waals surface area contributed by atoms with Crippen molar-refractivity contribution < 1.29 is 9.84 Å². The summed E-state index contributed by atoms with van der Waals surface area (Å²) in [5, 5.41) is 9.73. The highest BCUT2D eigenvalue weighted by atomic mass is 16.5. The fourth-order valence-electron chi connectivity index (χ4n) is 2.41. The Morgan fingerprint density at radius 1 is 1.30 bits per heavy atom. The summed E-state index contributed by atoms with van der Waals surface area (Å²) < 4.78 is 5.76. The second-order valence-electron chi connectivity index (χ2n) is 4.94. The number of pyridine rings is 1. The molecule has 0 amide bonds. The second-order valence-corrected chi connectivity index (χ2v) is 4.94. The van der Waals surface area contributed by atoms with Crippen molar-refractivity contribution in [2.75, 3.05) is 18.1 Å². The Labute approximate surface area is 118 Å². The van der Waals surface area contributed by atoms with Gasteiger partial charge in [-0.3, -0.25) is 0 Å². The largest absolute Gasteiger partial charge is 0.491 e. The maximum absolute atomic E-state index is 9.73. The standard InChI is InChI=1S/C16H18N2O2/c1-12(19)13-7-8-17-16(11-13)18-9-4-10-20-15-6-3-2-5-14(15)18/h2-3,5-8,11-12,19H,4,9-10H2,1H3/t12-/m1/s1. The number of para-hydroxylation sites is 2. The van der Waals surface area contributed by atoms with Gasteiger partial charge in [0.1, 0.15) is 11.6 Å². The quantitative estimate of drug-likeness (QED) is 0.911. The molecule has 0 fully saturated rings. The van der Waals surface area contributed by atoms with E-state index in [-0.39, 0.29) is 0 Å². The lowest BCUT2D eigenvalue weighted by Gasteiger charge is -2.23. The van der Waals surface area contributed by atoms with E-state index >= 15 is 0 Å². The Bertz CT molecular complexity index is 599. The van der Waals surface area contributed by atoms with Crippen molar-refractivity contribution in [3.05, 3.63) is 48.2 Å². The van der Waals surface area contributed by atoms with E-state index in [9.17, 15) is 5.11 Å². The van der Waals surface area contributed by atoms with Crippen LogP contribution in [-0.4, -0.2) is 23.2 Å². The molecule has 104 valence electrons. The van der Waals surface area contributed by atoms with Crippen LogP contribution in [0.4, 0.5) is 11.5 Å². The van der Waals surface area contributed by atoms with Gasteiger partial charge in [0.25, 0.3) is 0 Å². The van der Waals surface area contributed by atoms with E-state index in [1.165, 1.54) is 0 Å². The molecular weight excluding hydrogens is 252 g/mol. The van der Waals surface area contributed by atoms with Crippen LogP contribution < -0.4 is 9.64 Å². The van der Waals surface area contributed by atoms with Gasteiger partial charge in [0.2, 0.25) is 0 Å². The van der Waals surface area contributed by atoms with Gasteiger partial charge in [-0.15, -0.1) is 0 Å². The number of aromatic nitrogens is 1. The van der Waals surface area contributed by atoms with Gasteiger partial charge in [0.05, 0.1) is 18.4 Å². The molecule has 1 aromatic heterocycles. The number of nitrogens with zero attached hydrogens (tertiary/aromatic N) is 2. The number of aliphatic hydroxyl groups is 1. The van der Waals surface area contributed by atoms with E-state index in [4.69, 9.17) is 4.74 Å². The minimum absolute atomic E-state index is 0.491. The number of benzene rings is 1. The molecule has 1 aliphatic rings. The normalized spacial score (nSPS) is 16.0. The molecular formula is C16H18N2O2. The Balaban J connectivity index is 2.03. The topological polar surface area (TPSA) is 45.6 Å². The molecule has 0 radical (unpaired) electrons. The molecule has 0 saturated carbocycles. The minimum atomic E-state index is -0.491. The molecule has 4 heteroatoms. The number of anilines is 2. The lowest BCUT2D eigenvalue weighted by Crippen LogP contribution is -2.19. The van der Waals surface area contributed by atoms with Crippen LogP contribution in [0.25, 0.3) is 0 Å². The molecule has 4 nitrogen and oxygen atoms in total. The van der Waals surface area contributed by atoms with Gasteiger partial charge in [-0.1, -0.05) is 12.1 Å². The fraction of sp³-hybridized carbons (Fsp3) is 0.312. The summed E-state index contributed by atoms with van der Waals surface area (Å²) in [6, 6.07) is 11.8. The van der Waals surface area contributed by atoms with Crippen LogP contribution in [0.15, 0.2) is 42.6 Å². The van der Waals surface area contributed by atoms with E-state index in [1.54, 1.807) is 13.1 Å². The molecule has 3 rings (SSSR count). The molecule has 20 heavy (non-hydrogen) atoms. The molecule has 1 atom stereocenters. The maximum Gasteiger partial charge on any atom is 0.142 e. The minimum Gasteiger partial charge on any atom is -0.491 e. The van der Waals surface area contributed by atoms with Gasteiger partial charge in [0, 0.05) is 12.7 Å². The van der Waals surface area contributed by atoms with Crippen molar-refractivity contribution in [3.8, 4) is 5.75 Å². The zero-order chi connectivity index (χ0) is 13.9. The SMILES string of the molecule is C[C@@H](O)c1ccnc(N2CCCOc3ccccc32)c1. The molecule has 0 bridgehead atoms. The number of ether oxygens (including phenoxy) is 1. The lowest BCUT2D eigenvalue weighted by atomic mass is 10.1. The fourth-order valence-corrected chi connectivity index (χ4v) is 2.41. The average Bonchev–Trinajstić information content (AvgIpc) is 2.69. The first-order valence-electron chi connectivity index (χ1n) is 6.89. The smallest absolute Gasteiger partial charge is 0.142 e. The molecule has 1 aromatic carbocycles. The molecule has 0 spiro atoms. The van der Waals surface area contributed by atoms with Gasteiger partial charge in [-0.05, 0) is 43.2 Å². The monoisotopic (exact) mass is 270 g/mol. The van der Waals surface area contributed by atoms with Crippen LogP contribution in [0.1, 0.15) is 25.0 Å². The van der Waals surface area contributed by atoms with Gasteiger partial charge in [-0.25, -0.2) is 4.98 Å². The summed E-state index contributed by atoms with van der Waals surface area (Å²) in [7, 11) is 0. The summed E-state index contributed by atoms with van der Waals surface area (Å²) in [6.07, 6.45) is 2.19. The average molecular weight is 270 g/mol. The predicted octanol–water partition coefficient (Wildman–Crippen LogP) is 3.06. The van der Waals surface area contributed by atoms with Crippen molar-refractivity contribution >= 4 is 11.5 Å². The summed E-state index contributed by atoms with van der Waals surface area (Å²) in [5.74, 6) is 1.73. The Morgan fingerprint density at radius 3 is 3.00 bits per heavy atom. The van der Waals surface area contributed by atoms with E-state index in [0.29, 0.717) is 6.61 Å². The third kappa shape index (κ3) is 2.47. The number of hydrogen-bond acceptors (Lipinski definition) is 4. The van der Waals surface area contributed by atoms with E-state index in [0.717, 1.165) is 35.8 Å². The second kappa shape index (κ2) is 5.51. The van der Waals surface area contributed by atoms with E-state index in [1.807, 2.05) is 36.4 Å². The van der Waals surface area contributed by atoms with Gasteiger partial charge >= 0.3 is 0 Å². The van der Waals surface area contributed by atoms with Crippen molar-refractivity contribution in [3.63, 3.8) is 0 Å². The zero-order valence-electron chi connectivity index (χ0n) is 11.5. The summed E-state index contributed by atoms with van der Waals surface area (Å²) in [4.78, 5) is 6.59. The van der Waals surface area contributed by atoms with E-state index < -0.39 is 6.10 Å². The molecule has 2 aromatic rings. The third-order valence-electron chi connectivity index (χ3n) is 3.47. The Hall–Kier alpha value is -2.07. The van der Waals surface area contributed by atoms with Crippen LogP contribution >= 0.6 is 0 Å². The van der Waals surface area contributed by atoms with E-state index in [2.05, 4.69) is 9.88 Å². The van der Waals surface area contributed by atoms with Crippen molar-refractivity contribution in [1.82, 2.24) is 4.98 Å². The van der Waals surface area contributed by atoms with Gasteiger partial charge < -0.3 is 14.7 Å². The van der Waals surface area contributed by atoms with Crippen LogP contribution in [0.3, 0.4) is 0 Å². The molecule has 1 N–H and O–H groups in total. The Kier molecular flexibility index (Phi) is 3.56. The number of hydrogen-bond donors (Lipinski definition) is 1. The molecule has 0 unspecified atom stereocenters. The molecule has 2 heterocycles. The first-order valence-corrected chi connectivity index (χ1v) is 6.89. The summed E-state index contributed by atoms with van der Waals surface area (Å²) in [5.41, 5.74) is 1.90. The first kappa shape index (κ1) is 12.9. The molecule has 0 aliphatic carbocycles. The van der Waals surface area contributed by atoms with Crippen LogP contribution in [-0.2, 0) is 0 Å². The number of aliphatic hydroxyl groups excluding tert-OH is 1. The highest BCUT2D eigenvalue weighted by Gasteiger charge is 2.18. The number of fused-ring (bicyclic) bond motifs is 1. The summed E-state index contributed by atoms with van der Waals surface area (Å²) in [6.45, 7) is 3.33. The zero-order valence-corrected chi connectivity index (χ0v) is 11.5. The van der Waals surface area contributed by atoms with Gasteiger partial charge in [-0.2, -0.15) is 0 Å². The van der Waals surface area contributed by atoms with Crippen LogP contribution in [0.5, 0.6) is 5.75 Å². The predicted molar refractivity (Wildman–Crippen MR) is 78.4 cm³/mol. The highest BCUT2D eigenvalue weighted by molar-refractivity contribution is 5.67. The van der Waals surface area contributed by atoms with Crippen LogP contribution in [0, 0.1) is 0 Å². The molecule has 0 saturated heterocycles. The summed E-state index contributed by atoms with van der Waals surface area (Å²) >= 11 is 0. The van der Waals surface area contributed by atoms with Crippen molar-refractivity contribution in [2.24, 2.45) is 0 Å². The van der Waals surface area contributed by atoms with Crippen LogP contribution in [0.2, 0.25) is 0 Å². The Morgan fingerprint density at radius 2 is 2.15 bits per heavy atom. The maximum atomic E-state index is 9.73. The number of rotatable bonds is 2. The highest BCUT2D eigenvalue weighted by Crippen LogP contribution is 2.35.